The van der Waals surface area contributed by atoms with E-state index in [-0.39, 0.29) is 11.1 Å². The van der Waals surface area contributed by atoms with Gasteiger partial charge >= 0.3 is 0 Å². The van der Waals surface area contributed by atoms with Gasteiger partial charge in [-0.1, -0.05) is 0 Å². The predicted octanol–water partition coefficient (Wildman–Crippen LogP) is 1.65. The molecule has 0 aromatic carbocycles. The fourth-order valence-electron chi connectivity index (χ4n) is 3.25. The topological polar surface area (TPSA) is 57.0 Å². The van der Waals surface area contributed by atoms with Crippen molar-refractivity contribution in [2.45, 2.75) is 51.7 Å². The van der Waals surface area contributed by atoms with Crippen molar-refractivity contribution in [3.63, 3.8) is 0 Å². The lowest BCUT2D eigenvalue weighted by atomic mass is 9.79. The van der Waals surface area contributed by atoms with Crippen LogP contribution < -0.4 is 5.73 Å². The van der Waals surface area contributed by atoms with Crippen LogP contribution in [0.4, 0.5) is 0 Å². The molecule has 1 aliphatic rings. The normalized spacial score (nSPS) is 25.4. The number of nitrogens with zero attached hydrogens (tertiary/aromatic N) is 1. The highest BCUT2D eigenvalue weighted by Crippen LogP contribution is 2.35. The van der Waals surface area contributed by atoms with Crippen LogP contribution in [-0.4, -0.2) is 68.7 Å². The third kappa shape index (κ3) is 5.83. The fourth-order valence-corrected chi connectivity index (χ4v) is 3.25. The molecular formula is C16H34N2O3. The molecule has 0 bridgehead atoms. The summed E-state index contributed by atoms with van der Waals surface area (Å²) in [5.41, 5.74) is 6.07. The molecule has 5 nitrogen and oxygen atoms in total. The molecule has 0 aliphatic carbocycles. The van der Waals surface area contributed by atoms with Crippen LogP contribution in [0.5, 0.6) is 0 Å². The van der Waals surface area contributed by atoms with E-state index in [1.165, 1.54) is 0 Å². The van der Waals surface area contributed by atoms with Crippen molar-refractivity contribution in [3.8, 4) is 0 Å². The Kier molecular flexibility index (Phi) is 8.13. The molecule has 1 atom stereocenters. The highest BCUT2D eigenvalue weighted by atomic mass is 16.5. The van der Waals surface area contributed by atoms with Crippen LogP contribution in [0.2, 0.25) is 0 Å². The van der Waals surface area contributed by atoms with Crippen LogP contribution in [0.25, 0.3) is 0 Å². The third-order valence-electron chi connectivity index (χ3n) is 4.29. The van der Waals surface area contributed by atoms with E-state index in [1.54, 1.807) is 0 Å². The van der Waals surface area contributed by atoms with E-state index in [2.05, 4.69) is 18.7 Å². The molecule has 1 fully saturated rings. The summed E-state index contributed by atoms with van der Waals surface area (Å²) in [6, 6.07) is 0. The zero-order valence-electron chi connectivity index (χ0n) is 14.3. The molecule has 21 heavy (non-hydrogen) atoms. The molecule has 0 amide bonds. The van der Waals surface area contributed by atoms with Crippen LogP contribution in [0, 0.1) is 0 Å². The van der Waals surface area contributed by atoms with Crippen molar-refractivity contribution in [2.24, 2.45) is 5.73 Å². The first-order valence-corrected chi connectivity index (χ1v) is 8.24. The van der Waals surface area contributed by atoms with Crippen molar-refractivity contribution in [1.82, 2.24) is 4.90 Å². The van der Waals surface area contributed by atoms with Gasteiger partial charge in [0.2, 0.25) is 0 Å². The van der Waals surface area contributed by atoms with Crippen molar-refractivity contribution in [2.75, 3.05) is 52.7 Å². The Morgan fingerprint density at radius 3 is 2.10 bits per heavy atom. The zero-order chi connectivity index (χ0) is 15.8. The second-order valence-corrected chi connectivity index (χ2v) is 6.34. The van der Waals surface area contributed by atoms with Crippen LogP contribution in [-0.2, 0) is 14.2 Å². The largest absolute Gasteiger partial charge is 0.380 e. The Balaban J connectivity index is 2.74. The molecule has 1 heterocycles. The standard InChI is InChI=1S/C16H34N2O3/c1-5-19-11-8-18(9-12-20-6-2)16(14-17)7-10-21-15(3,4)13-16/h5-14,17H2,1-4H3. The van der Waals surface area contributed by atoms with Crippen molar-refractivity contribution in [1.29, 1.82) is 0 Å². The number of hydrogen-bond acceptors (Lipinski definition) is 5. The molecule has 0 aromatic heterocycles. The van der Waals surface area contributed by atoms with Crippen LogP contribution in [0.1, 0.15) is 40.5 Å². The molecule has 126 valence electrons. The van der Waals surface area contributed by atoms with Crippen molar-refractivity contribution >= 4 is 0 Å². The van der Waals surface area contributed by atoms with Crippen molar-refractivity contribution < 1.29 is 14.2 Å². The molecule has 1 rings (SSSR count). The molecular weight excluding hydrogens is 268 g/mol. The Morgan fingerprint density at radius 2 is 1.67 bits per heavy atom. The third-order valence-corrected chi connectivity index (χ3v) is 4.29. The molecule has 1 saturated heterocycles. The smallest absolute Gasteiger partial charge is 0.0644 e. The van der Waals surface area contributed by atoms with Crippen LogP contribution >= 0.6 is 0 Å². The first-order valence-electron chi connectivity index (χ1n) is 8.24. The number of ether oxygens (including phenoxy) is 3. The minimum atomic E-state index is -0.118. The van der Waals surface area contributed by atoms with Gasteiger partial charge in [0.05, 0.1) is 18.8 Å². The van der Waals surface area contributed by atoms with Gasteiger partial charge in [-0.3, -0.25) is 4.90 Å². The quantitative estimate of drug-likeness (QED) is 0.622. The summed E-state index contributed by atoms with van der Waals surface area (Å²) in [7, 11) is 0. The van der Waals surface area contributed by atoms with E-state index >= 15 is 0 Å². The van der Waals surface area contributed by atoms with Gasteiger partial charge < -0.3 is 19.9 Å². The SMILES string of the molecule is CCOCCN(CCOCC)C1(CN)CCOC(C)(C)C1. The monoisotopic (exact) mass is 302 g/mol. The maximum Gasteiger partial charge on any atom is 0.0644 e. The Bertz CT molecular complexity index is 277. The molecule has 1 aliphatic heterocycles. The number of rotatable bonds is 10. The van der Waals surface area contributed by atoms with Gasteiger partial charge in [0.25, 0.3) is 0 Å². The minimum Gasteiger partial charge on any atom is -0.380 e. The summed E-state index contributed by atoms with van der Waals surface area (Å²) in [5.74, 6) is 0. The molecule has 0 saturated carbocycles. The first-order chi connectivity index (χ1) is 9.99. The summed E-state index contributed by atoms with van der Waals surface area (Å²) in [5, 5.41) is 0. The van der Waals surface area contributed by atoms with Crippen LogP contribution in [0.3, 0.4) is 0 Å². The van der Waals surface area contributed by atoms with E-state index in [1.807, 2.05) is 13.8 Å². The van der Waals surface area contributed by atoms with Gasteiger partial charge in [-0.15, -0.1) is 0 Å². The second-order valence-electron chi connectivity index (χ2n) is 6.34. The van der Waals surface area contributed by atoms with Gasteiger partial charge in [-0.05, 0) is 40.5 Å². The van der Waals surface area contributed by atoms with Gasteiger partial charge in [0.1, 0.15) is 0 Å². The van der Waals surface area contributed by atoms with E-state index in [0.717, 1.165) is 59.0 Å². The van der Waals surface area contributed by atoms with E-state index in [9.17, 15) is 0 Å². The molecule has 2 N–H and O–H groups in total. The van der Waals surface area contributed by atoms with Crippen molar-refractivity contribution in [3.05, 3.63) is 0 Å². The van der Waals surface area contributed by atoms with E-state index in [4.69, 9.17) is 19.9 Å². The molecule has 0 aromatic rings. The predicted molar refractivity (Wildman–Crippen MR) is 85.6 cm³/mol. The lowest BCUT2D eigenvalue weighted by molar-refractivity contribution is -0.123. The average Bonchev–Trinajstić information content (AvgIpc) is 2.44. The molecule has 5 heteroatoms. The molecule has 0 radical (unpaired) electrons. The minimum absolute atomic E-state index is 0.00402. The highest BCUT2D eigenvalue weighted by molar-refractivity contribution is 4.99. The highest BCUT2D eigenvalue weighted by Gasteiger charge is 2.43. The summed E-state index contributed by atoms with van der Waals surface area (Å²) in [4.78, 5) is 2.46. The molecule has 1 unspecified atom stereocenters. The van der Waals surface area contributed by atoms with E-state index < -0.39 is 0 Å². The maximum atomic E-state index is 6.19. The van der Waals surface area contributed by atoms with Crippen LogP contribution in [0.15, 0.2) is 0 Å². The van der Waals surface area contributed by atoms with Gasteiger partial charge in [0.15, 0.2) is 0 Å². The summed E-state index contributed by atoms with van der Waals surface area (Å²) >= 11 is 0. The zero-order valence-corrected chi connectivity index (χ0v) is 14.3. The first kappa shape index (κ1) is 18.8. The van der Waals surface area contributed by atoms with Gasteiger partial charge in [0, 0.05) is 45.0 Å². The average molecular weight is 302 g/mol. The second kappa shape index (κ2) is 9.06. The Morgan fingerprint density at radius 1 is 1.10 bits per heavy atom. The Labute approximate surface area is 130 Å². The van der Waals surface area contributed by atoms with Gasteiger partial charge in [-0.25, -0.2) is 0 Å². The van der Waals surface area contributed by atoms with Gasteiger partial charge in [-0.2, -0.15) is 0 Å². The number of hydrogen-bond donors (Lipinski definition) is 1. The van der Waals surface area contributed by atoms with E-state index in [0.29, 0.717) is 6.54 Å². The Hall–Kier alpha value is -0.200. The lowest BCUT2D eigenvalue weighted by Crippen LogP contribution is -2.61. The lowest BCUT2D eigenvalue weighted by Gasteiger charge is -2.50. The number of nitrogens with two attached hydrogens (primary N) is 1. The molecule has 0 spiro atoms. The maximum absolute atomic E-state index is 6.19. The summed E-state index contributed by atoms with van der Waals surface area (Å²) in [6.07, 6.45) is 1.93. The summed E-state index contributed by atoms with van der Waals surface area (Å²) in [6.45, 7) is 14.6. The fraction of sp³-hybridized carbons (Fsp3) is 1.00. The summed E-state index contributed by atoms with van der Waals surface area (Å²) < 4.78 is 17.0.